The van der Waals surface area contributed by atoms with Gasteiger partial charge in [-0.05, 0) is 51.2 Å². The van der Waals surface area contributed by atoms with Gasteiger partial charge in [-0.25, -0.2) is 0 Å². The Morgan fingerprint density at radius 1 is 1.35 bits per heavy atom. The molecule has 0 radical (unpaired) electrons. The SMILES string of the molecule is C/C(=C\c1ccco1)CN(C)[C@H](C)Cc1ccccn1. The molecule has 2 heterocycles. The first-order valence-electron chi connectivity index (χ1n) is 6.96. The zero-order chi connectivity index (χ0) is 14.4. The van der Waals surface area contributed by atoms with E-state index < -0.39 is 0 Å². The molecular weight excluding hydrogens is 248 g/mol. The van der Waals surface area contributed by atoms with Crippen LogP contribution in [0.25, 0.3) is 6.08 Å². The van der Waals surface area contributed by atoms with Gasteiger partial charge in [-0.2, -0.15) is 0 Å². The van der Waals surface area contributed by atoms with Crippen molar-refractivity contribution in [3.63, 3.8) is 0 Å². The van der Waals surface area contributed by atoms with E-state index in [1.807, 2.05) is 30.5 Å². The lowest BCUT2D eigenvalue weighted by Gasteiger charge is -2.24. The molecule has 0 amide bonds. The number of aromatic nitrogens is 1. The predicted molar refractivity (Wildman–Crippen MR) is 82.4 cm³/mol. The molecule has 2 aromatic heterocycles. The molecule has 3 heteroatoms. The van der Waals surface area contributed by atoms with E-state index in [1.54, 1.807) is 6.26 Å². The lowest BCUT2D eigenvalue weighted by molar-refractivity contribution is 0.276. The van der Waals surface area contributed by atoms with Gasteiger partial charge in [-0.15, -0.1) is 0 Å². The van der Waals surface area contributed by atoms with Crippen LogP contribution in [0.2, 0.25) is 0 Å². The average Bonchev–Trinajstić information content (AvgIpc) is 2.92. The summed E-state index contributed by atoms with van der Waals surface area (Å²) in [4.78, 5) is 6.72. The standard InChI is InChI=1S/C17H22N2O/c1-14(11-17-8-6-10-20-17)13-19(3)15(2)12-16-7-4-5-9-18-16/h4-11,15H,12-13H2,1-3H3/b14-11+/t15-/m1/s1. The van der Waals surface area contributed by atoms with E-state index in [4.69, 9.17) is 4.42 Å². The molecule has 0 N–H and O–H groups in total. The van der Waals surface area contributed by atoms with Crippen molar-refractivity contribution in [1.29, 1.82) is 0 Å². The molecule has 0 bridgehead atoms. The Morgan fingerprint density at radius 2 is 2.20 bits per heavy atom. The van der Waals surface area contributed by atoms with E-state index in [2.05, 4.69) is 42.9 Å². The second-order valence-corrected chi connectivity index (χ2v) is 5.30. The number of pyridine rings is 1. The quantitative estimate of drug-likeness (QED) is 0.802. The molecule has 0 saturated carbocycles. The maximum absolute atomic E-state index is 5.34. The summed E-state index contributed by atoms with van der Waals surface area (Å²) in [5.74, 6) is 0.910. The number of hydrogen-bond acceptors (Lipinski definition) is 3. The molecule has 3 nitrogen and oxygen atoms in total. The van der Waals surface area contributed by atoms with Crippen molar-refractivity contribution >= 4 is 6.08 Å². The molecule has 0 fully saturated rings. The largest absolute Gasteiger partial charge is 0.465 e. The fourth-order valence-electron chi connectivity index (χ4n) is 2.19. The van der Waals surface area contributed by atoms with Gasteiger partial charge in [0, 0.05) is 30.9 Å². The minimum Gasteiger partial charge on any atom is -0.465 e. The van der Waals surface area contributed by atoms with Crippen LogP contribution in [0.15, 0.2) is 52.8 Å². The summed E-state index contributed by atoms with van der Waals surface area (Å²) in [6.45, 7) is 5.29. The fourth-order valence-corrected chi connectivity index (χ4v) is 2.19. The first kappa shape index (κ1) is 14.5. The van der Waals surface area contributed by atoms with E-state index >= 15 is 0 Å². The van der Waals surface area contributed by atoms with Gasteiger partial charge >= 0.3 is 0 Å². The predicted octanol–water partition coefficient (Wildman–Crippen LogP) is 3.64. The normalized spacial score (nSPS) is 13.7. The highest BCUT2D eigenvalue weighted by Crippen LogP contribution is 2.11. The molecule has 0 spiro atoms. The average molecular weight is 270 g/mol. The summed E-state index contributed by atoms with van der Waals surface area (Å²) in [6.07, 6.45) is 6.60. The zero-order valence-electron chi connectivity index (χ0n) is 12.4. The second-order valence-electron chi connectivity index (χ2n) is 5.30. The molecule has 0 saturated heterocycles. The van der Waals surface area contributed by atoms with Crippen LogP contribution in [0.5, 0.6) is 0 Å². The molecule has 1 atom stereocenters. The van der Waals surface area contributed by atoms with Crippen LogP contribution in [0.4, 0.5) is 0 Å². The number of likely N-dealkylation sites (N-methyl/N-ethyl adjacent to an activating group) is 1. The Hall–Kier alpha value is -1.87. The summed E-state index contributed by atoms with van der Waals surface area (Å²) in [5.41, 5.74) is 2.43. The fraction of sp³-hybridized carbons (Fsp3) is 0.353. The lowest BCUT2D eigenvalue weighted by atomic mass is 10.1. The van der Waals surface area contributed by atoms with E-state index in [0.29, 0.717) is 6.04 Å². The van der Waals surface area contributed by atoms with Crippen molar-refractivity contribution < 1.29 is 4.42 Å². The van der Waals surface area contributed by atoms with Crippen LogP contribution in [0, 0.1) is 0 Å². The number of furan rings is 1. The molecule has 106 valence electrons. The minimum atomic E-state index is 0.449. The van der Waals surface area contributed by atoms with Crippen LogP contribution in [-0.4, -0.2) is 29.5 Å². The molecule has 0 aliphatic rings. The highest BCUT2D eigenvalue weighted by molar-refractivity contribution is 5.46. The third kappa shape index (κ3) is 4.35. The van der Waals surface area contributed by atoms with Crippen molar-refractivity contribution in [2.75, 3.05) is 13.6 Å². The van der Waals surface area contributed by atoms with E-state index in [9.17, 15) is 0 Å². The van der Waals surface area contributed by atoms with Gasteiger partial charge in [0.05, 0.1) is 6.26 Å². The van der Waals surface area contributed by atoms with E-state index in [-0.39, 0.29) is 0 Å². The van der Waals surface area contributed by atoms with Crippen LogP contribution in [0.3, 0.4) is 0 Å². The highest BCUT2D eigenvalue weighted by Gasteiger charge is 2.11. The Morgan fingerprint density at radius 3 is 2.85 bits per heavy atom. The molecule has 20 heavy (non-hydrogen) atoms. The summed E-state index contributed by atoms with van der Waals surface area (Å²) in [5, 5.41) is 0. The zero-order valence-corrected chi connectivity index (χ0v) is 12.4. The van der Waals surface area contributed by atoms with Gasteiger partial charge in [0.2, 0.25) is 0 Å². The van der Waals surface area contributed by atoms with Crippen LogP contribution in [0.1, 0.15) is 25.3 Å². The van der Waals surface area contributed by atoms with Crippen LogP contribution >= 0.6 is 0 Å². The van der Waals surface area contributed by atoms with Gasteiger partial charge < -0.3 is 4.42 Å². The van der Waals surface area contributed by atoms with Crippen molar-refractivity contribution in [2.45, 2.75) is 26.3 Å². The van der Waals surface area contributed by atoms with Crippen molar-refractivity contribution in [1.82, 2.24) is 9.88 Å². The van der Waals surface area contributed by atoms with Crippen LogP contribution < -0.4 is 0 Å². The molecule has 0 unspecified atom stereocenters. The maximum atomic E-state index is 5.34. The van der Waals surface area contributed by atoms with Crippen molar-refractivity contribution in [2.24, 2.45) is 0 Å². The number of rotatable bonds is 6. The van der Waals surface area contributed by atoms with Crippen molar-refractivity contribution in [3.05, 3.63) is 59.8 Å². The molecule has 0 aliphatic carbocycles. The Balaban J connectivity index is 1.89. The van der Waals surface area contributed by atoms with E-state index in [0.717, 1.165) is 24.4 Å². The first-order valence-corrected chi connectivity index (χ1v) is 6.96. The Kier molecular flexibility index (Phi) is 5.13. The molecule has 0 aliphatic heterocycles. The maximum Gasteiger partial charge on any atom is 0.126 e. The molecule has 2 aromatic rings. The van der Waals surface area contributed by atoms with Gasteiger partial charge in [-0.3, -0.25) is 9.88 Å². The summed E-state index contributed by atoms with van der Waals surface area (Å²) < 4.78 is 5.34. The Labute approximate surface area is 120 Å². The van der Waals surface area contributed by atoms with Gasteiger partial charge in [-0.1, -0.05) is 11.6 Å². The topological polar surface area (TPSA) is 29.3 Å². The van der Waals surface area contributed by atoms with Crippen molar-refractivity contribution in [3.8, 4) is 0 Å². The summed E-state index contributed by atoms with van der Waals surface area (Å²) in [6, 6.07) is 10.4. The molecule has 0 aromatic carbocycles. The monoisotopic (exact) mass is 270 g/mol. The Bertz CT molecular complexity index is 531. The number of hydrogen-bond donors (Lipinski definition) is 0. The van der Waals surface area contributed by atoms with Gasteiger partial charge in [0.15, 0.2) is 0 Å². The first-order chi connectivity index (χ1) is 9.65. The third-order valence-corrected chi connectivity index (χ3v) is 3.41. The second kappa shape index (κ2) is 7.06. The summed E-state index contributed by atoms with van der Waals surface area (Å²) in [7, 11) is 2.15. The smallest absolute Gasteiger partial charge is 0.126 e. The van der Waals surface area contributed by atoms with E-state index in [1.165, 1.54) is 5.57 Å². The molecular formula is C17H22N2O. The third-order valence-electron chi connectivity index (χ3n) is 3.41. The minimum absolute atomic E-state index is 0.449. The van der Waals surface area contributed by atoms with Gasteiger partial charge in [0.25, 0.3) is 0 Å². The highest BCUT2D eigenvalue weighted by atomic mass is 16.3. The lowest BCUT2D eigenvalue weighted by Crippen LogP contribution is -2.32. The van der Waals surface area contributed by atoms with Gasteiger partial charge in [0.1, 0.15) is 5.76 Å². The number of nitrogens with zero attached hydrogens (tertiary/aromatic N) is 2. The van der Waals surface area contributed by atoms with Crippen LogP contribution in [-0.2, 0) is 6.42 Å². The molecule has 2 rings (SSSR count). The summed E-state index contributed by atoms with van der Waals surface area (Å²) >= 11 is 0.